The van der Waals surface area contributed by atoms with Crippen molar-refractivity contribution >= 4 is 17.9 Å². The van der Waals surface area contributed by atoms with Gasteiger partial charge < -0.3 is 30.0 Å². The lowest BCUT2D eigenvalue weighted by Gasteiger charge is -2.30. The monoisotopic (exact) mass is 484 g/mol. The number of aromatic hydroxyl groups is 1. The number of rotatable bonds is 9. The van der Waals surface area contributed by atoms with E-state index < -0.39 is 17.9 Å². The lowest BCUT2D eigenvalue weighted by atomic mass is 9.91. The Morgan fingerprint density at radius 2 is 1.14 bits per heavy atom. The van der Waals surface area contributed by atoms with Crippen LogP contribution in [0.25, 0.3) is 0 Å². The second-order valence-electron chi connectivity index (χ2n) is 8.67. The van der Waals surface area contributed by atoms with E-state index in [1.165, 1.54) is 26.8 Å². The highest BCUT2D eigenvalue weighted by molar-refractivity contribution is 5.73. The standard InChI is InChI=1S/C26H32N2O7/c1-16(29)33-24-11-5-20(13-26(24)35-18(3)31)15-28-22-8-6-21(7-9-22)27-14-19-4-10-23(32)25(12-19)34-17(2)30/h4-5,10-13,21-22,27-28,32H,6-9,14-15H2,1-3H3. The van der Waals surface area contributed by atoms with Crippen molar-refractivity contribution < 1.29 is 33.7 Å². The van der Waals surface area contributed by atoms with Crippen LogP contribution >= 0.6 is 0 Å². The second-order valence-corrected chi connectivity index (χ2v) is 8.67. The van der Waals surface area contributed by atoms with Gasteiger partial charge in [0.05, 0.1) is 0 Å². The summed E-state index contributed by atoms with van der Waals surface area (Å²) in [4.78, 5) is 33.9. The molecule has 9 nitrogen and oxygen atoms in total. The topological polar surface area (TPSA) is 123 Å². The SMILES string of the molecule is CC(=O)Oc1cc(CNC2CCC(NCc3ccc(OC(C)=O)c(OC(C)=O)c3)CC2)ccc1O. The van der Waals surface area contributed by atoms with E-state index in [0.717, 1.165) is 36.8 Å². The van der Waals surface area contributed by atoms with Crippen LogP contribution in [0, 0.1) is 0 Å². The van der Waals surface area contributed by atoms with Gasteiger partial charge in [-0.2, -0.15) is 0 Å². The molecular weight excluding hydrogens is 452 g/mol. The van der Waals surface area contributed by atoms with E-state index in [0.29, 0.717) is 25.2 Å². The summed E-state index contributed by atoms with van der Waals surface area (Å²) >= 11 is 0. The highest BCUT2D eigenvalue weighted by Gasteiger charge is 2.21. The Labute approximate surface area is 204 Å². The number of ether oxygens (including phenoxy) is 3. The molecule has 1 saturated carbocycles. The summed E-state index contributed by atoms with van der Waals surface area (Å²) in [5, 5.41) is 16.9. The van der Waals surface area contributed by atoms with Crippen LogP contribution in [0.2, 0.25) is 0 Å². The van der Waals surface area contributed by atoms with Crippen molar-refractivity contribution in [1.29, 1.82) is 0 Å². The van der Waals surface area contributed by atoms with Crippen molar-refractivity contribution in [3.8, 4) is 23.0 Å². The fourth-order valence-corrected chi connectivity index (χ4v) is 4.07. The maximum absolute atomic E-state index is 11.4. The number of esters is 3. The predicted octanol–water partition coefficient (Wildman–Crippen LogP) is 3.36. The number of hydrogen-bond acceptors (Lipinski definition) is 9. The summed E-state index contributed by atoms with van der Waals surface area (Å²) in [5.74, 6) is -0.880. The molecule has 1 fully saturated rings. The number of carbonyl (C=O) groups excluding carboxylic acids is 3. The molecule has 2 aromatic carbocycles. The van der Waals surface area contributed by atoms with E-state index >= 15 is 0 Å². The molecule has 188 valence electrons. The number of phenolic OH excluding ortho intramolecular Hbond substituents is 1. The lowest BCUT2D eigenvalue weighted by Crippen LogP contribution is -2.39. The fourth-order valence-electron chi connectivity index (χ4n) is 4.07. The van der Waals surface area contributed by atoms with Crippen LogP contribution in [0.5, 0.6) is 23.0 Å². The van der Waals surface area contributed by atoms with Gasteiger partial charge in [-0.05, 0) is 61.1 Å². The lowest BCUT2D eigenvalue weighted by molar-refractivity contribution is -0.134. The molecule has 0 saturated heterocycles. The van der Waals surface area contributed by atoms with Gasteiger partial charge in [-0.15, -0.1) is 0 Å². The maximum Gasteiger partial charge on any atom is 0.308 e. The third-order valence-corrected chi connectivity index (χ3v) is 5.71. The van der Waals surface area contributed by atoms with Gasteiger partial charge >= 0.3 is 17.9 Å². The van der Waals surface area contributed by atoms with Crippen molar-refractivity contribution in [3.05, 3.63) is 47.5 Å². The molecule has 0 spiro atoms. The molecule has 0 heterocycles. The van der Waals surface area contributed by atoms with E-state index in [1.807, 2.05) is 6.07 Å². The number of phenols is 1. The summed E-state index contributed by atoms with van der Waals surface area (Å²) in [6.07, 6.45) is 4.04. The third-order valence-electron chi connectivity index (χ3n) is 5.71. The normalized spacial score (nSPS) is 17.5. The van der Waals surface area contributed by atoms with E-state index in [9.17, 15) is 19.5 Å². The zero-order valence-electron chi connectivity index (χ0n) is 20.3. The number of benzene rings is 2. The molecule has 1 aliphatic carbocycles. The first kappa shape index (κ1) is 26.2. The molecule has 0 radical (unpaired) electrons. The van der Waals surface area contributed by atoms with Crippen molar-refractivity contribution in [2.45, 2.75) is 71.6 Å². The molecule has 0 atom stereocenters. The zero-order chi connectivity index (χ0) is 25.4. The average Bonchev–Trinajstić information content (AvgIpc) is 2.79. The average molecular weight is 485 g/mol. The van der Waals surface area contributed by atoms with Gasteiger partial charge in [0.2, 0.25) is 0 Å². The Kier molecular flexibility index (Phi) is 9.22. The molecule has 35 heavy (non-hydrogen) atoms. The van der Waals surface area contributed by atoms with Crippen LogP contribution in [0.4, 0.5) is 0 Å². The van der Waals surface area contributed by atoms with E-state index in [-0.39, 0.29) is 23.0 Å². The van der Waals surface area contributed by atoms with E-state index in [2.05, 4.69) is 10.6 Å². The highest BCUT2D eigenvalue weighted by Crippen LogP contribution is 2.30. The van der Waals surface area contributed by atoms with Crippen molar-refractivity contribution in [1.82, 2.24) is 10.6 Å². The minimum Gasteiger partial charge on any atom is -0.504 e. The quantitative estimate of drug-likeness (QED) is 0.363. The molecule has 0 bridgehead atoms. The zero-order valence-corrected chi connectivity index (χ0v) is 20.3. The van der Waals surface area contributed by atoms with Crippen LogP contribution in [0.3, 0.4) is 0 Å². The van der Waals surface area contributed by atoms with Crippen LogP contribution < -0.4 is 24.8 Å². The Morgan fingerprint density at radius 1 is 0.714 bits per heavy atom. The first-order valence-electron chi connectivity index (χ1n) is 11.7. The van der Waals surface area contributed by atoms with Gasteiger partial charge in [-0.25, -0.2) is 0 Å². The Hall–Kier alpha value is -3.43. The minimum atomic E-state index is -0.482. The molecule has 3 N–H and O–H groups in total. The van der Waals surface area contributed by atoms with E-state index in [4.69, 9.17) is 14.2 Å². The van der Waals surface area contributed by atoms with Crippen LogP contribution in [0.15, 0.2) is 36.4 Å². The minimum absolute atomic E-state index is 0.0588. The molecule has 2 aromatic rings. The summed E-state index contributed by atoms with van der Waals surface area (Å²) < 4.78 is 15.3. The smallest absolute Gasteiger partial charge is 0.308 e. The van der Waals surface area contributed by atoms with Crippen molar-refractivity contribution in [2.24, 2.45) is 0 Å². The molecule has 0 unspecified atom stereocenters. The van der Waals surface area contributed by atoms with Gasteiger partial charge in [-0.3, -0.25) is 14.4 Å². The first-order valence-corrected chi connectivity index (χ1v) is 11.7. The summed E-state index contributed by atoms with van der Waals surface area (Å²) in [6, 6.07) is 10.9. The maximum atomic E-state index is 11.4. The Balaban J connectivity index is 1.46. The highest BCUT2D eigenvalue weighted by atomic mass is 16.6. The fraction of sp³-hybridized carbons (Fsp3) is 0.423. The molecule has 9 heteroatoms. The third kappa shape index (κ3) is 8.38. The number of nitrogens with one attached hydrogen (secondary N) is 2. The van der Waals surface area contributed by atoms with Gasteiger partial charge in [0.15, 0.2) is 23.0 Å². The molecule has 3 rings (SSSR count). The Bertz CT molecular complexity index is 1060. The molecule has 0 aliphatic heterocycles. The molecule has 0 amide bonds. The molecular formula is C26H32N2O7. The van der Waals surface area contributed by atoms with Gasteiger partial charge in [0, 0.05) is 45.9 Å². The summed E-state index contributed by atoms with van der Waals surface area (Å²) in [7, 11) is 0. The molecule has 1 aliphatic rings. The van der Waals surface area contributed by atoms with Gasteiger partial charge in [-0.1, -0.05) is 12.1 Å². The molecule has 0 aromatic heterocycles. The van der Waals surface area contributed by atoms with Crippen LogP contribution in [0.1, 0.15) is 57.6 Å². The van der Waals surface area contributed by atoms with Gasteiger partial charge in [0.1, 0.15) is 0 Å². The van der Waals surface area contributed by atoms with Crippen molar-refractivity contribution in [3.63, 3.8) is 0 Å². The predicted molar refractivity (Wildman–Crippen MR) is 128 cm³/mol. The summed E-state index contributed by atoms with van der Waals surface area (Å²) in [5.41, 5.74) is 1.85. The van der Waals surface area contributed by atoms with Crippen LogP contribution in [-0.4, -0.2) is 35.1 Å². The van der Waals surface area contributed by atoms with E-state index in [1.54, 1.807) is 24.3 Å². The second kappa shape index (κ2) is 12.3. The Morgan fingerprint density at radius 3 is 1.66 bits per heavy atom. The number of carbonyl (C=O) groups is 3. The van der Waals surface area contributed by atoms with Crippen LogP contribution in [-0.2, 0) is 27.5 Å². The number of hydrogen-bond donors (Lipinski definition) is 3. The van der Waals surface area contributed by atoms with Crippen molar-refractivity contribution in [2.75, 3.05) is 0 Å². The summed E-state index contributed by atoms with van der Waals surface area (Å²) in [6.45, 7) is 5.11. The largest absolute Gasteiger partial charge is 0.504 e. The first-order chi connectivity index (χ1) is 16.7. The van der Waals surface area contributed by atoms with Gasteiger partial charge in [0.25, 0.3) is 0 Å².